The van der Waals surface area contributed by atoms with E-state index in [0.29, 0.717) is 35.5 Å². The van der Waals surface area contributed by atoms with Crippen molar-refractivity contribution in [1.82, 2.24) is 4.98 Å². The first-order chi connectivity index (χ1) is 10.7. The number of carbonyl (C=O) groups excluding carboxylic acids is 1. The SMILES string of the molecule is CCOC(=O)c1coc2c(OCc3nccs3)cc(Br)cc12. The van der Waals surface area contributed by atoms with Crippen LogP contribution in [0.3, 0.4) is 0 Å². The fourth-order valence-electron chi connectivity index (χ4n) is 2.01. The lowest BCUT2D eigenvalue weighted by molar-refractivity contribution is 0.0527. The monoisotopic (exact) mass is 381 g/mol. The zero-order valence-electron chi connectivity index (χ0n) is 11.7. The minimum absolute atomic E-state index is 0.312. The van der Waals surface area contributed by atoms with Crippen LogP contribution in [0.5, 0.6) is 5.75 Å². The molecule has 2 aromatic heterocycles. The predicted octanol–water partition coefficient (Wildman–Crippen LogP) is 4.41. The first-order valence-electron chi connectivity index (χ1n) is 6.58. The molecule has 0 radical (unpaired) electrons. The Bertz CT molecular complexity index is 797. The zero-order chi connectivity index (χ0) is 15.5. The van der Waals surface area contributed by atoms with Crippen LogP contribution in [0.4, 0.5) is 0 Å². The van der Waals surface area contributed by atoms with Crippen LogP contribution in [0, 0.1) is 0 Å². The van der Waals surface area contributed by atoms with Crippen molar-refractivity contribution >= 4 is 44.2 Å². The van der Waals surface area contributed by atoms with Gasteiger partial charge in [0.25, 0.3) is 0 Å². The van der Waals surface area contributed by atoms with E-state index in [1.54, 1.807) is 25.3 Å². The van der Waals surface area contributed by atoms with Gasteiger partial charge in [0, 0.05) is 21.4 Å². The first-order valence-corrected chi connectivity index (χ1v) is 8.25. The van der Waals surface area contributed by atoms with Gasteiger partial charge in [-0.2, -0.15) is 0 Å². The summed E-state index contributed by atoms with van der Waals surface area (Å²) in [5, 5.41) is 3.41. The molecule has 0 spiro atoms. The van der Waals surface area contributed by atoms with Crippen molar-refractivity contribution in [3.63, 3.8) is 0 Å². The average molecular weight is 382 g/mol. The number of nitrogens with zero attached hydrogens (tertiary/aromatic N) is 1. The van der Waals surface area contributed by atoms with Gasteiger partial charge in [-0.15, -0.1) is 11.3 Å². The third-order valence-electron chi connectivity index (χ3n) is 2.93. The van der Waals surface area contributed by atoms with Crippen LogP contribution in [0.1, 0.15) is 22.3 Å². The highest BCUT2D eigenvalue weighted by molar-refractivity contribution is 9.10. The van der Waals surface area contributed by atoms with Crippen LogP contribution in [0.25, 0.3) is 11.0 Å². The van der Waals surface area contributed by atoms with E-state index in [2.05, 4.69) is 20.9 Å². The van der Waals surface area contributed by atoms with Crippen LogP contribution in [0.15, 0.2) is 38.9 Å². The van der Waals surface area contributed by atoms with Gasteiger partial charge in [0.15, 0.2) is 11.3 Å². The molecule has 0 saturated heterocycles. The fourth-order valence-corrected chi connectivity index (χ4v) is 2.97. The minimum Gasteiger partial charge on any atom is -0.482 e. The summed E-state index contributed by atoms with van der Waals surface area (Å²) in [6, 6.07) is 3.61. The number of carbonyl (C=O) groups is 1. The number of furan rings is 1. The van der Waals surface area contributed by atoms with E-state index in [1.165, 1.54) is 17.6 Å². The van der Waals surface area contributed by atoms with Crippen LogP contribution < -0.4 is 4.74 Å². The lowest BCUT2D eigenvalue weighted by Gasteiger charge is -2.06. The van der Waals surface area contributed by atoms with E-state index in [9.17, 15) is 4.79 Å². The molecule has 22 heavy (non-hydrogen) atoms. The largest absolute Gasteiger partial charge is 0.482 e. The number of hydrogen-bond acceptors (Lipinski definition) is 6. The van der Waals surface area contributed by atoms with E-state index in [-0.39, 0.29) is 0 Å². The maximum Gasteiger partial charge on any atom is 0.342 e. The molecule has 0 aliphatic carbocycles. The summed E-state index contributed by atoms with van der Waals surface area (Å²) in [7, 11) is 0. The predicted molar refractivity (Wildman–Crippen MR) is 86.3 cm³/mol. The zero-order valence-corrected chi connectivity index (χ0v) is 14.1. The lowest BCUT2D eigenvalue weighted by Crippen LogP contribution is -2.03. The van der Waals surface area contributed by atoms with Crippen molar-refractivity contribution in [2.45, 2.75) is 13.5 Å². The lowest BCUT2D eigenvalue weighted by atomic mass is 10.1. The van der Waals surface area contributed by atoms with Gasteiger partial charge in [-0.25, -0.2) is 9.78 Å². The van der Waals surface area contributed by atoms with Gasteiger partial charge >= 0.3 is 5.97 Å². The smallest absolute Gasteiger partial charge is 0.342 e. The van der Waals surface area contributed by atoms with E-state index < -0.39 is 5.97 Å². The third-order valence-corrected chi connectivity index (χ3v) is 4.15. The molecule has 7 heteroatoms. The number of thiazole rings is 1. The number of fused-ring (bicyclic) bond motifs is 1. The van der Waals surface area contributed by atoms with Crippen molar-refractivity contribution in [2.75, 3.05) is 6.61 Å². The number of aromatic nitrogens is 1. The molecular weight excluding hydrogens is 370 g/mol. The highest BCUT2D eigenvalue weighted by atomic mass is 79.9. The third kappa shape index (κ3) is 3.00. The Morgan fingerprint density at radius 1 is 1.45 bits per heavy atom. The summed E-state index contributed by atoms with van der Waals surface area (Å²) < 4.78 is 17.1. The topological polar surface area (TPSA) is 61.6 Å². The van der Waals surface area contributed by atoms with Crippen LogP contribution >= 0.6 is 27.3 Å². The molecule has 0 fully saturated rings. The number of esters is 1. The summed E-state index contributed by atoms with van der Waals surface area (Å²) in [5.74, 6) is 0.139. The number of ether oxygens (including phenoxy) is 2. The summed E-state index contributed by atoms with van der Waals surface area (Å²) in [5.41, 5.74) is 0.903. The normalized spacial score (nSPS) is 10.8. The molecule has 0 N–H and O–H groups in total. The molecule has 5 nitrogen and oxygen atoms in total. The molecule has 2 heterocycles. The van der Waals surface area contributed by atoms with Gasteiger partial charge in [-0.05, 0) is 19.1 Å². The molecule has 114 valence electrons. The molecule has 0 aliphatic rings. The maximum absolute atomic E-state index is 11.9. The molecule has 1 aromatic carbocycles. The molecule has 0 aliphatic heterocycles. The Kier molecular flexibility index (Phi) is 4.44. The second kappa shape index (κ2) is 6.50. The van der Waals surface area contributed by atoms with Crippen LogP contribution in [-0.2, 0) is 11.3 Å². The summed E-state index contributed by atoms with van der Waals surface area (Å²) >= 11 is 4.94. The summed E-state index contributed by atoms with van der Waals surface area (Å²) in [4.78, 5) is 16.1. The van der Waals surface area contributed by atoms with E-state index in [1.807, 2.05) is 5.38 Å². The quantitative estimate of drug-likeness (QED) is 0.612. The molecule has 0 saturated carbocycles. The van der Waals surface area contributed by atoms with Crippen LogP contribution in [0.2, 0.25) is 0 Å². The fraction of sp³-hybridized carbons (Fsp3) is 0.200. The first kappa shape index (κ1) is 15.1. The maximum atomic E-state index is 11.9. The molecule has 3 aromatic rings. The van der Waals surface area contributed by atoms with E-state index in [0.717, 1.165) is 9.48 Å². The van der Waals surface area contributed by atoms with Crippen LogP contribution in [-0.4, -0.2) is 17.6 Å². The highest BCUT2D eigenvalue weighted by Crippen LogP contribution is 2.34. The second-order valence-electron chi connectivity index (χ2n) is 4.36. The number of benzene rings is 1. The molecule has 0 unspecified atom stereocenters. The Morgan fingerprint density at radius 3 is 3.05 bits per heavy atom. The Balaban J connectivity index is 1.95. The minimum atomic E-state index is -0.412. The summed E-state index contributed by atoms with van der Waals surface area (Å²) in [6.07, 6.45) is 3.12. The summed E-state index contributed by atoms with van der Waals surface area (Å²) in [6.45, 7) is 2.42. The second-order valence-corrected chi connectivity index (χ2v) is 6.26. The average Bonchev–Trinajstić information content (AvgIpc) is 3.14. The van der Waals surface area contributed by atoms with Gasteiger partial charge < -0.3 is 13.9 Å². The number of hydrogen-bond donors (Lipinski definition) is 0. The van der Waals surface area contributed by atoms with Crippen molar-refractivity contribution in [3.05, 3.63) is 45.0 Å². The van der Waals surface area contributed by atoms with Gasteiger partial charge in [-0.3, -0.25) is 0 Å². The van der Waals surface area contributed by atoms with Gasteiger partial charge in [-0.1, -0.05) is 15.9 Å². The number of rotatable bonds is 5. The van der Waals surface area contributed by atoms with Gasteiger partial charge in [0.1, 0.15) is 23.4 Å². The van der Waals surface area contributed by atoms with Crippen molar-refractivity contribution in [1.29, 1.82) is 0 Å². The van der Waals surface area contributed by atoms with Gasteiger partial charge in [0.05, 0.1) is 6.61 Å². The molecule has 3 rings (SSSR count). The van der Waals surface area contributed by atoms with E-state index in [4.69, 9.17) is 13.9 Å². The molecule has 0 bridgehead atoms. The molecular formula is C15H12BrNO4S. The Labute approximate surface area is 139 Å². The number of halogens is 1. The standard InChI is InChI=1S/C15H12BrNO4S/c1-2-19-15(18)11-7-21-14-10(11)5-9(16)6-12(14)20-8-13-17-3-4-22-13/h3-7H,2,8H2,1H3. The highest BCUT2D eigenvalue weighted by Gasteiger charge is 2.18. The molecule has 0 atom stereocenters. The Hall–Kier alpha value is -1.86. The van der Waals surface area contributed by atoms with Crippen molar-refractivity contribution in [2.24, 2.45) is 0 Å². The van der Waals surface area contributed by atoms with Crippen molar-refractivity contribution < 1.29 is 18.7 Å². The van der Waals surface area contributed by atoms with Gasteiger partial charge in [0.2, 0.25) is 0 Å². The molecule has 0 amide bonds. The Morgan fingerprint density at radius 2 is 2.32 bits per heavy atom. The van der Waals surface area contributed by atoms with E-state index >= 15 is 0 Å². The van der Waals surface area contributed by atoms with Crippen molar-refractivity contribution in [3.8, 4) is 5.75 Å².